The number of hydrogen-bond acceptors (Lipinski definition) is 4. The number of aryl methyl sites for hydroxylation is 1. The Morgan fingerprint density at radius 3 is 2.82 bits per heavy atom. The van der Waals surface area contributed by atoms with E-state index >= 15 is 0 Å². The minimum absolute atomic E-state index is 0.00968. The van der Waals surface area contributed by atoms with E-state index in [1.807, 2.05) is 28.9 Å². The summed E-state index contributed by atoms with van der Waals surface area (Å²) in [6.07, 6.45) is 4.25. The number of likely N-dealkylation sites (tertiary alicyclic amines) is 1. The minimum atomic E-state index is -0.403. The van der Waals surface area contributed by atoms with Crippen LogP contribution in [0.2, 0.25) is 0 Å². The molecule has 1 aliphatic heterocycles. The van der Waals surface area contributed by atoms with Gasteiger partial charge in [0.05, 0.1) is 18.5 Å². The normalized spacial score (nSPS) is 16.5. The van der Waals surface area contributed by atoms with E-state index in [1.165, 1.54) is 13.2 Å². The number of rotatable bonds is 7. The highest BCUT2D eigenvalue weighted by molar-refractivity contribution is 5.72. The van der Waals surface area contributed by atoms with Gasteiger partial charge >= 0.3 is 0 Å². The molecule has 1 fully saturated rings. The predicted octanol–water partition coefficient (Wildman–Crippen LogP) is 4.34. The molecular weight excluding hydrogens is 419 g/mol. The molecule has 2 aromatic carbocycles. The summed E-state index contributed by atoms with van der Waals surface area (Å²) < 4.78 is 21.5. The molecule has 3 aromatic rings. The third-order valence-corrected chi connectivity index (χ3v) is 6.21. The number of nitrogens with one attached hydrogen (secondary N) is 1. The molecule has 1 atom stereocenters. The molecule has 0 aliphatic carbocycles. The number of aromatic nitrogens is 2. The van der Waals surface area contributed by atoms with Gasteiger partial charge in [0.15, 0.2) is 11.6 Å². The summed E-state index contributed by atoms with van der Waals surface area (Å²) in [4.78, 5) is 13.7. The fraction of sp³-hybridized carbons (Fsp3) is 0.385. The van der Waals surface area contributed by atoms with Crippen molar-refractivity contribution in [2.24, 2.45) is 5.92 Å². The Hall–Kier alpha value is -3.19. The molecular formula is C26H31FN4O2. The van der Waals surface area contributed by atoms with Crippen molar-refractivity contribution in [3.05, 3.63) is 65.6 Å². The summed E-state index contributed by atoms with van der Waals surface area (Å²) >= 11 is 0. The van der Waals surface area contributed by atoms with Crippen LogP contribution in [0.3, 0.4) is 0 Å². The number of para-hydroxylation sites is 1. The second-order valence-electron chi connectivity index (χ2n) is 8.76. The van der Waals surface area contributed by atoms with Crippen molar-refractivity contribution in [3.8, 4) is 22.7 Å². The number of halogens is 1. The zero-order chi connectivity index (χ0) is 23.4. The van der Waals surface area contributed by atoms with Gasteiger partial charge in [-0.05, 0) is 62.1 Å². The summed E-state index contributed by atoms with van der Waals surface area (Å²) in [5.41, 5.74) is 4.66. The first kappa shape index (κ1) is 23.0. The molecule has 0 saturated carbocycles. The molecule has 174 valence electrons. The average Bonchev–Trinajstić information content (AvgIpc) is 3.21. The van der Waals surface area contributed by atoms with Crippen LogP contribution in [0.4, 0.5) is 4.39 Å². The number of ether oxygens (including phenoxy) is 1. The van der Waals surface area contributed by atoms with Gasteiger partial charge in [-0.2, -0.15) is 5.10 Å². The molecule has 33 heavy (non-hydrogen) atoms. The molecule has 0 radical (unpaired) electrons. The van der Waals surface area contributed by atoms with Crippen LogP contribution >= 0.6 is 0 Å². The fourth-order valence-electron chi connectivity index (χ4n) is 4.52. The number of benzene rings is 2. The van der Waals surface area contributed by atoms with Crippen LogP contribution in [0, 0.1) is 18.7 Å². The Balaban J connectivity index is 1.65. The number of carbonyl (C=O) groups excluding carboxylic acids is 1. The predicted molar refractivity (Wildman–Crippen MR) is 127 cm³/mol. The van der Waals surface area contributed by atoms with Gasteiger partial charge in [0, 0.05) is 43.9 Å². The lowest BCUT2D eigenvalue weighted by Crippen LogP contribution is -2.40. The number of piperidine rings is 1. The molecule has 0 spiro atoms. The van der Waals surface area contributed by atoms with Gasteiger partial charge in [0.25, 0.3) is 0 Å². The number of hydrogen-bond donors (Lipinski definition) is 1. The molecule has 0 bridgehead atoms. The van der Waals surface area contributed by atoms with Crippen molar-refractivity contribution >= 4 is 5.91 Å². The van der Waals surface area contributed by atoms with Gasteiger partial charge in [-0.15, -0.1) is 0 Å². The lowest BCUT2D eigenvalue weighted by Gasteiger charge is -2.32. The van der Waals surface area contributed by atoms with Gasteiger partial charge in [-0.3, -0.25) is 9.69 Å². The van der Waals surface area contributed by atoms with Gasteiger partial charge in [0.2, 0.25) is 5.91 Å². The minimum Gasteiger partial charge on any atom is -0.494 e. The third-order valence-electron chi connectivity index (χ3n) is 6.21. The van der Waals surface area contributed by atoms with Gasteiger partial charge < -0.3 is 10.1 Å². The lowest BCUT2D eigenvalue weighted by atomic mass is 9.97. The standard InChI is InChI=1S/C26H31FN4O2/c1-18-7-4-5-9-24(18)31-17-22(16-30-12-6-8-20(15-30)14-28-19(2)32)26(29-31)21-10-11-25(33-3)23(27)13-21/h4-5,7,9-11,13,17,20H,6,8,12,14-16H2,1-3H3,(H,28,32). The summed E-state index contributed by atoms with van der Waals surface area (Å²) in [5.74, 6) is 0.251. The molecule has 1 aromatic heterocycles. The first-order valence-corrected chi connectivity index (χ1v) is 11.4. The third kappa shape index (κ3) is 5.42. The molecule has 1 N–H and O–H groups in total. The van der Waals surface area contributed by atoms with Crippen LogP contribution in [0.15, 0.2) is 48.7 Å². The monoisotopic (exact) mass is 450 g/mol. The molecule has 1 aliphatic rings. The van der Waals surface area contributed by atoms with E-state index in [0.717, 1.165) is 54.0 Å². The van der Waals surface area contributed by atoms with E-state index in [-0.39, 0.29) is 11.7 Å². The van der Waals surface area contributed by atoms with E-state index in [4.69, 9.17) is 9.84 Å². The largest absolute Gasteiger partial charge is 0.494 e. The topological polar surface area (TPSA) is 59.4 Å². The Morgan fingerprint density at radius 1 is 1.27 bits per heavy atom. The Labute approximate surface area is 194 Å². The maximum absolute atomic E-state index is 14.5. The van der Waals surface area contributed by atoms with E-state index in [9.17, 15) is 9.18 Å². The van der Waals surface area contributed by atoms with Gasteiger partial charge in [-0.25, -0.2) is 9.07 Å². The second kappa shape index (κ2) is 10.2. The first-order valence-electron chi connectivity index (χ1n) is 11.4. The highest BCUT2D eigenvalue weighted by atomic mass is 19.1. The zero-order valence-corrected chi connectivity index (χ0v) is 19.5. The number of methoxy groups -OCH3 is 1. The highest BCUT2D eigenvalue weighted by Crippen LogP contribution is 2.30. The highest BCUT2D eigenvalue weighted by Gasteiger charge is 2.23. The smallest absolute Gasteiger partial charge is 0.216 e. The quantitative estimate of drug-likeness (QED) is 0.582. The number of nitrogens with zero attached hydrogens (tertiary/aromatic N) is 3. The fourth-order valence-corrected chi connectivity index (χ4v) is 4.52. The van der Waals surface area contributed by atoms with Crippen LogP contribution in [-0.2, 0) is 11.3 Å². The van der Waals surface area contributed by atoms with Gasteiger partial charge in [0.1, 0.15) is 0 Å². The van der Waals surface area contributed by atoms with Crippen LogP contribution in [0.1, 0.15) is 30.9 Å². The van der Waals surface area contributed by atoms with E-state index < -0.39 is 5.82 Å². The SMILES string of the molecule is COc1ccc(-c2nn(-c3ccccc3C)cc2CN2CCCC(CNC(C)=O)C2)cc1F. The van der Waals surface area contributed by atoms with Crippen molar-refractivity contribution in [2.75, 3.05) is 26.7 Å². The van der Waals surface area contributed by atoms with Crippen molar-refractivity contribution in [1.29, 1.82) is 0 Å². The van der Waals surface area contributed by atoms with Crippen LogP contribution in [-0.4, -0.2) is 47.3 Å². The summed E-state index contributed by atoms with van der Waals surface area (Å²) in [6, 6.07) is 13.1. The molecule has 6 nitrogen and oxygen atoms in total. The Morgan fingerprint density at radius 2 is 2.09 bits per heavy atom. The van der Waals surface area contributed by atoms with Crippen LogP contribution in [0.25, 0.3) is 16.9 Å². The molecule has 2 heterocycles. The second-order valence-corrected chi connectivity index (χ2v) is 8.76. The van der Waals surface area contributed by atoms with E-state index in [1.54, 1.807) is 13.0 Å². The zero-order valence-electron chi connectivity index (χ0n) is 19.5. The first-order chi connectivity index (χ1) is 15.9. The van der Waals surface area contributed by atoms with Crippen molar-refractivity contribution in [1.82, 2.24) is 20.0 Å². The lowest BCUT2D eigenvalue weighted by molar-refractivity contribution is -0.119. The molecule has 1 saturated heterocycles. The summed E-state index contributed by atoms with van der Waals surface area (Å²) in [5, 5.41) is 7.83. The molecule has 4 rings (SSSR count). The van der Waals surface area contributed by atoms with Crippen molar-refractivity contribution < 1.29 is 13.9 Å². The number of carbonyl (C=O) groups is 1. The maximum Gasteiger partial charge on any atom is 0.216 e. The maximum atomic E-state index is 14.5. The molecule has 7 heteroatoms. The summed E-state index contributed by atoms with van der Waals surface area (Å²) in [6.45, 7) is 6.92. The average molecular weight is 451 g/mol. The molecule has 1 unspecified atom stereocenters. The van der Waals surface area contributed by atoms with Crippen molar-refractivity contribution in [2.45, 2.75) is 33.2 Å². The van der Waals surface area contributed by atoms with E-state index in [0.29, 0.717) is 19.0 Å². The summed E-state index contributed by atoms with van der Waals surface area (Å²) in [7, 11) is 1.46. The number of amides is 1. The van der Waals surface area contributed by atoms with Crippen molar-refractivity contribution in [3.63, 3.8) is 0 Å². The van der Waals surface area contributed by atoms with E-state index in [2.05, 4.69) is 29.4 Å². The Kier molecular flexibility index (Phi) is 7.08. The van der Waals surface area contributed by atoms with Crippen LogP contribution in [0.5, 0.6) is 5.75 Å². The van der Waals surface area contributed by atoms with Gasteiger partial charge in [-0.1, -0.05) is 18.2 Å². The Bertz CT molecular complexity index is 1130. The molecule has 1 amide bonds. The van der Waals surface area contributed by atoms with Crippen LogP contribution < -0.4 is 10.1 Å².